The number of pyridine rings is 1. The van der Waals surface area contributed by atoms with Gasteiger partial charge in [-0.25, -0.2) is 4.98 Å². The fourth-order valence-corrected chi connectivity index (χ4v) is 1.46. The maximum atomic E-state index is 12.0. The normalized spacial score (nSPS) is 9.53. The minimum atomic E-state index is -0.316. The zero-order valence-corrected chi connectivity index (χ0v) is 10.1. The summed E-state index contributed by atoms with van der Waals surface area (Å²) in [4.78, 5) is 16.0. The molecule has 0 spiro atoms. The van der Waals surface area contributed by atoms with Gasteiger partial charge >= 0.3 is 0 Å². The highest BCUT2D eigenvalue weighted by atomic mass is 16.2. The molecule has 2 aromatic rings. The molecule has 2 aromatic heterocycles. The molecule has 3 N–H and O–H groups in total. The molecule has 0 aliphatic rings. The van der Waals surface area contributed by atoms with Crippen LogP contribution in [-0.4, -0.2) is 32.8 Å². The highest BCUT2D eigenvalue weighted by Gasteiger charge is 2.11. The zero-order valence-electron chi connectivity index (χ0n) is 10.1. The third kappa shape index (κ3) is 3.40. The minimum Gasteiger partial charge on any atom is -0.384 e. The molecular weight excluding hydrogens is 244 g/mol. The van der Waals surface area contributed by atoms with Gasteiger partial charge in [0.2, 0.25) is 0 Å². The molecule has 2 rings (SSSR count). The number of nitrogens with zero attached hydrogens (tertiary/aromatic N) is 2. The lowest BCUT2D eigenvalue weighted by Crippen LogP contribution is -2.24. The van der Waals surface area contributed by atoms with Crippen molar-refractivity contribution in [1.29, 1.82) is 0 Å². The second-order valence-electron chi connectivity index (χ2n) is 3.65. The molecule has 2 heterocycles. The zero-order chi connectivity index (χ0) is 13.5. The van der Waals surface area contributed by atoms with E-state index in [1.807, 2.05) is 0 Å². The third-order valence-corrected chi connectivity index (χ3v) is 2.33. The first kappa shape index (κ1) is 12.8. The first-order valence-electron chi connectivity index (χ1n) is 5.62. The van der Waals surface area contributed by atoms with Crippen molar-refractivity contribution < 1.29 is 9.90 Å². The van der Waals surface area contributed by atoms with Crippen LogP contribution in [0.2, 0.25) is 0 Å². The summed E-state index contributed by atoms with van der Waals surface area (Å²) in [6.45, 7) is 0.101. The van der Waals surface area contributed by atoms with Crippen LogP contribution in [0.3, 0.4) is 0 Å². The summed E-state index contributed by atoms with van der Waals surface area (Å²) < 4.78 is 0. The van der Waals surface area contributed by atoms with E-state index in [9.17, 15) is 4.79 Å². The lowest BCUT2D eigenvalue weighted by atomic mass is 10.2. The van der Waals surface area contributed by atoms with E-state index < -0.39 is 0 Å². The summed E-state index contributed by atoms with van der Waals surface area (Å²) in [7, 11) is 0. The lowest BCUT2D eigenvalue weighted by molar-refractivity contribution is 0.0945. The van der Waals surface area contributed by atoms with Crippen LogP contribution in [0.15, 0.2) is 30.7 Å². The van der Waals surface area contributed by atoms with E-state index in [2.05, 4.69) is 32.3 Å². The van der Waals surface area contributed by atoms with E-state index in [1.165, 1.54) is 6.20 Å². The predicted octanol–water partition coefficient (Wildman–Crippen LogP) is 0.0785. The molecule has 0 aliphatic heterocycles. The number of aromatic amines is 1. The number of rotatable bonds is 3. The molecule has 6 heteroatoms. The monoisotopic (exact) mass is 256 g/mol. The van der Waals surface area contributed by atoms with Crippen LogP contribution in [0.4, 0.5) is 0 Å². The highest BCUT2D eigenvalue weighted by molar-refractivity contribution is 5.94. The van der Waals surface area contributed by atoms with Crippen LogP contribution in [0.1, 0.15) is 21.6 Å². The standard InChI is InChI=1S/C13H12N4O2/c18-6-2-4-11-3-1-5-14-12(11)13(19)15-7-10-8-16-17-9-10/h1,3,5,8-9,18H,6-7H2,(H,15,19)(H,16,17). The Hall–Kier alpha value is -2.65. The largest absolute Gasteiger partial charge is 0.384 e. The SMILES string of the molecule is O=C(NCc1cn[nH]c1)c1ncccc1C#CCO. The molecule has 6 nitrogen and oxygen atoms in total. The van der Waals surface area contributed by atoms with E-state index in [-0.39, 0.29) is 18.2 Å². The number of carbonyl (C=O) groups is 1. The van der Waals surface area contributed by atoms with Gasteiger partial charge in [0.25, 0.3) is 5.91 Å². The molecule has 0 saturated heterocycles. The second-order valence-corrected chi connectivity index (χ2v) is 3.65. The predicted molar refractivity (Wildman–Crippen MR) is 68.0 cm³/mol. The van der Waals surface area contributed by atoms with E-state index in [4.69, 9.17) is 5.11 Å². The van der Waals surface area contributed by atoms with E-state index in [1.54, 1.807) is 24.5 Å². The number of H-pyrrole nitrogens is 1. The van der Waals surface area contributed by atoms with Gasteiger partial charge in [0.05, 0.1) is 11.8 Å². The van der Waals surface area contributed by atoms with Gasteiger partial charge in [0.1, 0.15) is 12.3 Å². The van der Waals surface area contributed by atoms with Gasteiger partial charge in [0.15, 0.2) is 0 Å². The summed E-state index contributed by atoms with van der Waals surface area (Å²) in [6.07, 6.45) is 4.85. The lowest BCUT2D eigenvalue weighted by Gasteiger charge is -2.04. The van der Waals surface area contributed by atoms with Crippen molar-refractivity contribution >= 4 is 5.91 Å². The Morgan fingerprint density at radius 1 is 1.53 bits per heavy atom. The number of hydrogen-bond acceptors (Lipinski definition) is 4. The average molecular weight is 256 g/mol. The van der Waals surface area contributed by atoms with E-state index in [0.717, 1.165) is 5.56 Å². The van der Waals surface area contributed by atoms with Crippen molar-refractivity contribution in [1.82, 2.24) is 20.5 Å². The van der Waals surface area contributed by atoms with Crippen molar-refractivity contribution in [3.63, 3.8) is 0 Å². The Morgan fingerprint density at radius 2 is 2.42 bits per heavy atom. The molecule has 1 amide bonds. The van der Waals surface area contributed by atoms with Crippen molar-refractivity contribution in [3.8, 4) is 11.8 Å². The highest BCUT2D eigenvalue weighted by Crippen LogP contribution is 2.04. The van der Waals surface area contributed by atoms with Crippen molar-refractivity contribution in [2.24, 2.45) is 0 Å². The molecule has 0 unspecified atom stereocenters. The number of nitrogens with one attached hydrogen (secondary N) is 2. The molecule has 0 atom stereocenters. The fraction of sp³-hybridized carbons (Fsp3) is 0.154. The Balaban J connectivity index is 2.10. The third-order valence-electron chi connectivity index (χ3n) is 2.33. The maximum Gasteiger partial charge on any atom is 0.271 e. The first-order chi connectivity index (χ1) is 9.31. The van der Waals surface area contributed by atoms with Crippen LogP contribution < -0.4 is 5.32 Å². The van der Waals surface area contributed by atoms with E-state index >= 15 is 0 Å². The Bertz CT molecular complexity index is 611. The second kappa shape index (κ2) is 6.33. The summed E-state index contributed by atoms with van der Waals surface area (Å²) in [5, 5.41) is 17.9. The van der Waals surface area contributed by atoms with Gasteiger partial charge in [-0.1, -0.05) is 11.8 Å². The van der Waals surface area contributed by atoms with Gasteiger partial charge in [-0.2, -0.15) is 5.10 Å². The number of amides is 1. The summed E-state index contributed by atoms with van der Waals surface area (Å²) >= 11 is 0. The number of aliphatic hydroxyl groups is 1. The molecule has 0 aliphatic carbocycles. The smallest absolute Gasteiger partial charge is 0.271 e. The summed E-state index contributed by atoms with van der Waals surface area (Å²) in [6, 6.07) is 3.37. The van der Waals surface area contributed by atoms with Crippen LogP contribution in [0.5, 0.6) is 0 Å². The minimum absolute atomic E-state index is 0.243. The van der Waals surface area contributed by atoms with Crippen molar-refractivity contribution in [2.75, 3.05) is 6.61 Å². The molecule has 0 radical (unpaired) electrons. The quantitative estimate of drug-likeness (QED) is 0.678. The van der Waals surface area contributed by atoms with Gasteiger partial charge in [-0.05, 0) is 12.1 Å². The van der Waals surface area contributed by atoms with Crippen LogP contribution >= 0.6 is 0 Å². The number of carbonyl (C=O) groups excluding carboxylic acids is 1. The van der Waals surface area contributed by atoms with Gasteiger partial charge in [-0.3, -0.25) is 9.89 Å². The van der Waals surface area contributed by atoms with Gasteiger partial charge in [-0.15, -0.1) is 0 Å². The average Bonchev–Trinajstić information content (AvgIpc) is 2.96. The van der Waals surface area contributed by atoms with Crippen molar-refractivity contribution in [3.05, 3.63) is 47.5 Å². The first-order valence-corrected chi connectivity index (χ1v) is 5.62. The molecule has 0 aromatic carbocycles. The molecule has 0 saturated carbocycles. The Labute approximate surface area is 109 Å². The molecule has 0 fully saturated rings. The number of aromatic nitrogens is 3. The maximum absolute atomic E-state index is 12.0. The Morgan fingerprint density at radius 3 is 3.16 bits per heavy atom. The van der Waals surface area contributed by atoms with Crippen molar-refractivity contribution in [2.45, 2.75) is 6.54 Å². The molecule has 0 bridgehead atoms. The fourth-order valence-electron chi connectivity index (χ4n) is 1.46. The van der Waals surface area contributed by atoms with Crippen LogP contribution in [0.25, 0.3) is 0 Å². The molecular formula is C13H12N4O2. The van der Waals surface area contributed by atoms with Gasteiger partial charge in [0, 0.05) is 24.5 Å². The molecule has 96 valence electrons. The summed E-state index contributed by atoms with van der Waals surface area (Å²) in [5.41, 5.74) is 1.60. The van der Waals surface area contributed by atoms with E-state index in [0.29, 0.717) is 12.1 Å². The number of hydrogen-bond donors (Lipinski definition) is 3. The Kier molecular flexibility index (Phi) is 4.26. The molecule has 19 heavy (non-hydrogen) atoms. The summed E-state index contributed by atoms with van der Waals surface area (Å²) in [5.74, 6) is 4.88. The van der Waals surface area contributed by atoms with Crippen LogP contribution in [0, 0.1) is 11.8 Å². The topological polar surface area (TPSA) is 90.9 Å². The van der Waals surface area contributed by atoms with Crippen LogP contribution in [-0.2, 0) is 6.54 Å². The van der Waals surface area contributed by atoms with Gasteiger partial charge < -0.3 is 10.4 Å². The number of aliphatic hydroxyl groups excluding tert-OH is 1.